The summed E-state index contributed by atoms with van der Waals surface area (Å²) >= 11 is 5.65. The van der Waals surface area contributed by atoms with Gasteiger partial charge in [0.15, 0.2) is 11.6 Å². The van der Waals surface area contributed by atoms with Crippen LogP contribution in [0.4, 0.5) is 27.6 Å². The van der Waals surface area contributed by atoms with Gasteiger partial charge in [0.05, 0.1) is 23.2 Å². The molecule has 4 rings (SSSR count). The predicted octanol–water partition coefficient (Wildman–Crippen LogP) is 6.59. The van der Waals surface area contributed by atoms with Crippen molar-refractivity contribution in [1.82, 2.24) is 0 Å². The molecular formula is C24H13ClF5NO3. The zero-order valence-corrected chi connectivity index (χ0v) is 17.7. The molecule has 0 bridgehead atoms. The summed E-state index contributed by atoms with van der Waals surface area (Å²) in [6.07, 6.45) is -5.49. The van der Waals surface area contributed by atoms with Crippen LogP contribution in [0.15, 0.2) is 69.9 Å². The number of benzene rings is 3. The minimum absolute atomic E-state index is 0.0231. The highest BCUT2D eigenvalue weighted by atomic mass is 35.5. The van der Waals surface area contributed by atoms with E-state index in [9.17, 15) is 31.5 Å². The molecule has 4 aromatic rings. The SMILES string of the molecule is O=C(Cc1c(-c2ccccc2)c2cc(F)c(F)cc2oc1=O)Nc1ccc(Cl)cc1C(F)(F)F. The monoisotopic (exact) mass is 493 g/mol. The molecule has 0 saturated carbocycles. The molecule has 0 aliphatic carbocycles. The van der Waals surface area contributed by atoms with Gasteiger partial charge in [-0.2, -0.15) is 13.2 Å². The van der Waals surface area contributed by atoms with Crippen LogP contribution in [0.2, 0.25) is 5.02 Å². The summed E-state index contributed by atoms with van der Waals surface area (Å²) < 4.78 is 72.9. The number of amides is 1. The Bertz CT molecular complexity index is 1470. The second-order valence-electron chi connectivity index (χ2n) is 7.28. The minimum Gasteiger partial charge on any atom is -0.422 e. The van der Waals surface area contributed by atoms with Crippen molar-refractivity contribution in [2.75, 3.05) is 5.32 Å². The summed E-state index contributed by atoms with van der Waals surface area (Å²) in [6.45, 7) is 0. The highest BCUT2D eigenvalue weighted by Gasteiger charge is 2.34. The summed E-state index contributed by atoms with van der Waals surface area (Å²) in [5.41, 5.74) is -2.71. The van der Waals surface area contributed by atoms with Gasteiger partial charge in [-0.15, -0.1) is 0 Å². The molecule has 0 aliphatic rings. The Hall–Kier alpha value is -3.72. The first-order chi connectivity index (χ1) is 16.0. The van der Waals surface area contributed by atoms with Crippen molar-refractivity contribution in [3.05, 3.63) is 98.9 Å². The molecular weight excluding hydrogens is 481 g/mol. The van der Waals surface area contributed by atoms with Gasteiger partial charge in [-0.05, 0) is 29.8 Å². The summed E-state index contributed by atoms with van der Waals surface area (Å²) in [5, 5.41) is 1.98. The van der Waals surface area contributed by atoms with Crippen LogP contribution in [0.5, 0.6) is 0 Å². The molecule has 1 aromatic heterocycles. The second-order valence-corrected chi connectivity index (χ2v) is 7.72. The van der Waals surface area contributed by atoms with E-state index in [4.69, 9.17) is 16.0 Å². The Morgan fingerprint density at radius 3 is 2.32 bits per heavy atom. The summed E-state index contributed by atoms with van der Waals surface area (Å²) in [5.74, 6) is -3.40. The van der Waals surface area contributed by atoms with E-state index in [1.54, 1.807) is 30.3 Å². The van der Waals surface area contributed by atoms with Gasteiger partial charge in [0.25, 0.3) is 0 Å². The van der Waals surface area contributed by atoms with Gasteiger partial charge >= 0.3 is 11.8 Å². The molecule has 1 heterocycles. The molecule has 174 valence electrons. The van der Waals surface area contributed by atoms with Crippen molar-refractivity contribution in [1.29, 1.82) is 0 Å². The van der Waals surface area contributed by atoms with E-state index in [1.807, 2.05) is 0 Å². The molecule has 0 fully saturated rings. The third kappa shape index (κ3) is 4.65. The van der Waals surface area contributed by atoms with Crippen LogP contribution in [-0.2, 0) is 17.4 Å². The van der Waals surface area contributed by atoms with E-state index in [0.29, 0.717) is 17.7 Å². The zero-order chi connectivity index (χ0) is 24.6. The van der Waals surface area contributed by atoms with Crippen LogP contribution in [-0.4, -0.2) is 5.91 Å². The maximum absolute atomic E-state index is 14.0. The van der Waals surface area contributed by atoms with Gasteiger partial charge in [-0.3, -0.25) is 4.79 Å². The molecule has 0 atom stereocenters. The molecule has 0 unspecified atom stereocenters. The smallest absolute Gasteiger partial charge is 0.418 e. The third-order valence-electron chi connectivity index (χ3n) is 5.00. The van der Waals surface area contributed by atoms with Crippen molar-refractivity contribution in [2.45, 2.75) is 12.6 Å². The fourth-order valence-corrected chi connectivity index (χ4v) is 3.72. The molecule has 10 heteroatoms. The molecule has 1 N–H and O–H groups in total. The first kappa shape index (κ1) is 23.4. The molecule has 34 heavy (non-hydrogen) atoms. The van der Waals surface area contributed by atoms with E-state index in [2.05, 4.69) is 5.32 Å². The van der Waals surface area contributed by atoms with Crippen LogP contribution in [0.1, 0.15) is 11.1 Å². The first-order valence-electron chi connectivity index (χ1n) is 9.71. The molecule has 0 spiro atoms. The lowest BCUT2D eigenvalue weighted by molar-refractivity contribution is -0.137. The standard InChI is InChI=1S/C24H13ClF5NO3/c25-13-6-7-19(16(8-13)24(28,29)30)31-21(32)10-15-22(12-4-2-1-3-5-12)14-9-17(26)18(27)11-20(14)34-23(15)33/h1-9,11H,10H2,(H,31,32). The maximum Gasteiger partial charge on any atom is 0.418 e. The Balaban J connectivity index is 1.82. The largest absolute Gasteiger partial charge is 0.422 e. The van der Waals surface area contributed by atoms with Gasteiger partial charge in [-0.25, -0.2) is 13.6 Å². The predicted molar refractivity (Wildman–Crippen MR) is 117 cm³/mol. The van der Waals surface area contributed by atoms with E-state index in [1.165, 1.54) is 6.07 Å². The Kier molecular flexibility index (Phi) is 6.14. The topological polar surface area (TPSA) is 59.3 Å². The number of nitrogens with one attached hydrogen (secondary N) is 1. The van der Waals surface area contributed by atoms with E-state index >= 15 is 0 Å². The Labute approximate surface area is 193 Å². The number of hydrogen-bond acceptors (Lipinski definition) is 3. The molecule has 3 aromatic carbocycles. The van der Waals surface area contributed by atoms with Crippen molar-refractivity contribution in [2.24, 2.45) is 0 Å². The molecule has 4 nitrogen and oxygen atoms in total. The molecule has 0 saturated heterocycles. The number of halogens is 6. The van der Waals surface area contributed by atoms with Crippen LogP contribution >= 0.6 is 11.6 Å². The lowest BCUT2D eigenvalue weighted by Gasteiger charge is -2.15. The normalized spacial score (nSPS) is 11.6. The highest BCUT2D eigenvalue weighted by molar-refractivity contribution is 6.30. The number of carbonyl (C=O) groups is 1. The number of alkyl halides is 3. The van der Waals surface area contributed by atoms with Crippen LogP contribution < -0.4 is 10.9 Å². The van der Waals surface area contributed by atoms with Gasteiger partial charge in [0.1, 0.15) is 5.58 Å². The van der Waals surface area contributed by atoms with Gasteiger partial charge < -0.3 is 9.73 Å². The van der Waals surface area contributed by atoms with Crippen molar-refractivity contribution >= 4 is 34.2 Å². The van der Waals surface area contributed by atoms with Crippen LogP contribution in [0, 0.1) is 11.6 Å². The van der Waals surface area contributed by atoms with E-state index in [-0.39, 0.29) is 27.1 Å². The summed E-state index contributed by atoms with van der Waals surface area (Å²) in [7, 11) is 0. The second kappa shape index (κ2) is 8.90. The fourth-order valence-electron chi connectivity index (χ4n) is 3.54. The third-order valence-corrected chi connectivity index (χ3v) is 5.24. The van der Waals surface area contributed by atoms with Gasteiger partial charge in [0, 0.05) is 22.0 Å². The average molecular weight is 494 g/mol. The Morgan fingerprint density at radius 1 is 0.971 bits per heavy atom. The Morgan fingerprint density at radius 2 is 1.65 bits per heavy atom. The highest BCUT2D eigenvalue weighted by Crippen LogP contribution is 2.37. The minimum atomic E-state index is -4.80. The zero-order valence-electron chi connectivity index (χ0n) is 17.0. The van der Waals surface area contributed by atoms with Gasteiger partial charge in [-0.1, -0.05) is 41.9 Å². The summed E-state index contributed by atoms with van der Waals surface area (Å²) in [6, 6.07) is 12.5. The van der Waals surface area contributed by atoms with Crippen molar-refractivity contribution in [3.63, 3.8) is 0 Å². The summed E-state index contributed by atoms with van der Waals surface area (Å²) in [4.78, 5) is 25.4. The number of hydrogen-bond donors (Lipinski definition) is 1. The van der Waals surface area contributed by atoms with Crippen LogP contribution in [0.3, 0.4) is 0 Å². The van der Waals surface area contributed by atoms with Crippen molar-refractivity contribution < 1.29 is 31.2 Å². The molecule has 0 radical (unpaired) electrons. The number of fused-ring (bicyclic) bond motifs is 1. The van der Waals surface area contributed by atoms with E-state index < -0.39 is 47.0 Å². The number of anilines is 1. The first-order valence-corrected chi connectivity index (χ1v) is 10.1. The quantitative estimate of drug-likeness (QED) is 0.258. The van der Waals surface area contributed by atoms with Gasteiger partial charge in [0.2, 0.25) is 5.91 Å². The number of rotatable bonds is 4. The average Bonchev–Trinajstić information content (AvgIpc) is 2.77. The van der Waals surface area contributed by atoms with Crippen molar-refractivity contribution in [3.8, 4) is 11.1 Å². The fraction of sp³-hybridized carbons (Fsp3) is 0.0833. The maximum atomic E-state index is 14.0. The molecule has 0 aliphatic heterocycles. The van der Waals surface area contributed by atoms with Crippen LogP contribution in [0.25, 0.3) is 22.1 Å². The lowest BCUT2D eigenvalue weighted by atomic mass is 9.95. The van der Waals surface area contributed by atoms with E-state index in [0.717, 1.165) is 12.1 Å². The lowest BCUT2D eigenvalue weighted by Crippen LogP contribution is -2.22. The molecule has 1 amide bonds. The number of carbonyl (C=O) groups excluding carboxylic acids is 1.